The first-order chi connectivity index (χ1) is 10.6. The van der Waals surface area contributed by atoms with Gasteiger partial charge in [0.05, 0.1) is 26.9 Å². The molecule has 2 rings (SSSR count). The highest BCUT2D eigenvalue weighted by molar-refractivity contribution is 9.10. The Kier molecular flexibility index (Phi) is 5.27. The second-order valence-electron chi connectivity index (χ2n) is 4.26. The molecule has 0 radical (unpaired) electrons. The highest BCUT2D eigenvalue weighted by Gasteiger charge is 2.18. The molecule has 0 saturated carbocycles. The standard InChI is InChI=1S/C16H15BrO5/c1-19-13-8-10(16(18)21-3)9-14(20-2)15(13)22-12-6-4-11(17)5-7-12/h4-9H,1-3H3. The Balaban J connectivity index is 2.44. The van der Waals surface area contributed by atoms with Gasteiger partial charge >= 0.3 is 5.97 Å². The minimum Gasteiger partial charge on any atom is -0.493 e. The third-order valence-corrected chi connectivity index (χ3v) is 3.44. The number of rotatable bonds is 5. The highest BCUT2D eigenvalue weighted by Crippen LogP contribution is 2.41. The van der Waals surface area contributed by atoms with Gasteiger partial charge in [-0.3, -0.25) is 0 Å². The lowest BCUT2D eigenvalue weighted by Gasteiger charge is -2.15. The van der Waals surface area contributed by atoms with Crippen LogP contribution in [0.15, 0.2) is 40.9 Å². The third kappa shape index (κ3) is 3.51. The number of hydrogen-bond acceptors (Lipinski definition) is 5. The van der Waals surface area contributed by atoms with Crippen LogP contribution in [0.4, 0.5) is 0 Å². The molecule has 0 amide bonds. The molecule has 0 aliphatic carbocycles. The summed E-state index contributed by atoms with van der Waals surface area (Å²) in [6.45, 7) is 0. The number of carbonyl (C=O) groups is 1. The van der Waals surface area contributed by atoms with E-state index in [0.29, 0.717) is 28.6 Å². The summed E-state index contributed by atoms with van der Waals surface area (Å²) in [4.78, 5) is 11.7. The molecule has 0 aromatic heterocycles. The van der Waals surface area contributed by atoms with Gasteiger partial charge in [-0.1, -0.05) is 15.9 Å². The van der Waals surface area contributed by atoms with Gasteiger partial charge in [-0.15, -0.1) is 0 Å². The first-order valence-corrected chi connectivity index (χ1v) is 7.16. The summed E-state index contributed by atoms with van der Waals surface area (Å²) in [6.07, 6.45) is 0. The number of carbonyl (C=O) groups excluding carboxylic acids is 1. The zero-order valence-electron chi connectivity index (χ0n) is 12.4. The van der Waals surface area contributed by atoms with Crippen LogP contribution in [0.3, 0.4) is 0 Å². The predicted octanol–water partition coefficient (Wildman–Crippen LogP) is 4.05. The van der Waals surface area contributed by atoms with Crippen LogP contribution in [0.25, 0.3) is 0 Å². The molecule has 0 heterocycles. The van der Waals surface area contributed by atoms with E-state index in [9.17, 15) is 4.79 Å². The molecule has 6 heteroatoms. The molecule has 5 nitrogen and oxygen atoms in total. The van der Waals surface area contributed by atoms with Crippen LogP contribution in [0.1, 0.15) is 10.4 Å². The minimum atomic E-state index is -0.480. The second kappa shape index (κ2) is 7.17. The average Bonchev–Trinajstić information content (AvgIpc) is 2.56. The van der Waals surface area contributed by atoms with Crippen molar-refractivity contribution in [1.29, 1.82) is 0 Å². The highest BCUT2D eigenvalue weighted by atomic mass is 79.9. The first-order valence-electron chi connectivity index (χ1n) is 6.36. The third-order valence-electron chi connectivity index (χ3n) is 2.92. The molecule has 0 unspecified atom stereocenters. The molecule has 0 spiro atoms. The Hall–Kier alpha value is -2.21. The van der Waals surface area contributed by atoms with Crippen LogP contribution < -0.4 is 14.2 Å². The largest absolute Gasteiger partial charge is 0.493 e. The fourth-order valence-electron chi connectivity index (χ4n) is 1.84. The quantitative estimate of drug-likeness (QED) is 0.747. The van der Waals surface area contributed by atoms with Crippen molar-refractivity contribution in [3.63, 3.8) is 0 Å². The van der Waals surface area contributed by atoms with E-state index in [1.807, 2.05) is 12.1 Å². The van der Waals surface area contributed by atoms with E-state index in [1.54, 1.807) is 24.3 Å². The van der Waals surface area contributed by atoms with Crippen LogP contribution in [-0.4, -0.2) is 27.3 Å². The van der Waals surface area contributed by atoms with Gasteiger partial charge < -0.3 is 18.9 Å². The molecular formula is C16H15BrO5. The maximum absolute atomic E-state index is 11.7. The molecule has 0 saturated heterocycles. The Labute approximate surface area is 136 Å². The van der Waals surface area contributed by atoms with Crippen molar-refractivity contribution < 1.29 is 23.7 Å². The fourth-order valence-corrected chi connectivity index (χ4v) is 2.10. The molecule has 0 fully saturated rings. The van der Waals surface area contributed by atoms with Crippen LogP contribution in [0, 0.1) is 0 Å². The molecular weight excluding hydrogens is 352 g/mol. The van der Waals surface area contributed by atoms with Crippen molar-refractivity contribution in [1.82, 2.24) is 0 Å². The Morgan fingerprint density at radius 2 is 1.50 bits per heavy atom. The maximum Gasteiger partial charge on any atom is 0.338 e. The summed E-state index contributed by atoms with van der Waals surface area (Å²) in [5.74, 6) is 1.28. The first kappa shape index (κ1) is 16.2. The molecule has 22 heavy (non-hydrogen) atoms. The van der Waals surface area contributed by atoms with E-state index in [4.69, 9.17) is 18.9 Å². The van der Waals surface area contributed by atoms with Gasteiger partial charge in [0.2, 0.25) is 5.75 Å². The number of halogens is 1. The summed E-state index contributed by atoms with van der Waals surface area (Å²) in [5.41, 5.74) is 0.319. The van der Waals surface area contributed by atoms with Crippen molar-refractivity contribution in [2.45, 2.75) is 0 Å². The van der Waals surface area contributed by atoms with E-state index in [2.05, 4.69) is 15.9 Å². The van der Waals surface area contributed by atoms with E-state index in [0.717, 1.165) is 4.47 Å². The van der Waals surface area contributed by atoms with Gasteiger partial charge in [0.15, 0.2) is 11.5 Å². The number of hydrogen-bond donors (Lipinski definition) is 0. The van der Waals surface area contributed by atoms with Gasteiger partial charge in [0.25, 0.3) is 0 Å². The van der Waals surface area contributed by atoms with Crippen molar-refractivity contribution >= 4 is 21.9 Å². The monoisotopic (exact) mass is 366 g/mol. The Morgan fingerprint density at radius 1 is 0.955 bits per heavy atom. The molecule has 0 aliphatic heterocycles. The van der Waals surface area contributed by atoms with Gasteiger partial charge in [0, 0.05) is 4.47 Å². The van der Waals surface area contributed by atoms with E-state index in [-0.39, 0.29) is 0 Å². The van der Waals surface area contributed by atoms with Crippen molar-refractivity contribution in [3.8, 4) is 23.0 Å². The average molecular weight is 367 g/mol. The molecule has 0 atom stereocenters. The van der Waals surface area contributed by atoms with Gasteiger partial charge in [-0.25, -0.2) is 4.79 Å². The van der Waals surface area contributed by atoms with Gasteiger partial charge in [-0.05, 0) is 36.4 Å². The molecule has 116 valence electrons. The second-order valence-corrected chi connectivity index (χ2v) is 5.17. The zero-order valence-corrected chi connectivity index (χ0v) is 14.0. The number of ether oxygens (including phenoxy) is 4. The molecule has 0 N–H and O–H groups in total. The van der Waals surface area contributed by atoms with Gasteiger partial charge in [0.1, 0.15) is 5.75 Å². The fraction of sp³-hybridized carbons (Fsp3) is 0.188. The maximum atomic E-state index is 11.7. The lowest BCUT2D eigenvalue weighted by Crippen LogP contribution is -2.03. The number of esters is 1. The lowest BCUT2D eigenvalue weighted by atomic mass is 10.2. The molecule has 0 aliphatic rings. The smallest absolute Gasteiger partial charge is 0.338 e. The van der Waals surface area contributed by atoms with Crippen molar-refractivity contribution in [2.24, 2.45) is 0 Å². The summed E-state index contributed by atoms with van der Waals surface area (Å²) < 4.78 is 22.1. The summed E-state index contributed by atoms with van der Waals surface area (Å²) in [7, 11) is 4.29. The number of methoxy groups -OCH3 is 3. The summed E-state index contributed by atoms with van der Waals surface area (Å²) >= 11 is 3.36. The van der Waals surface area contributed by atoms with E-state index < -0.39 is 5.97 Å². The summed E-state index contributed by atoms with van der Waals surface area (Å²) in [5, 5.41) is 0. The van der Waals surface area contributed by atoms with Crippen LogP contribution >= 0.6 is 15.9 Å². The van der Waals surface area contributed by atoms with Crippen molar-refractivity contribution in [2.75, 3.05) is 21.3 Å². The van der Waals surface area contributed by atoms with Gasteiger partial charge in [-0.2, -0.15) is 0 Å². The zero-order chi connectivity index (χ0) is 16.1. The van der Waals surface area contributed by atoms with Crippen LogP contribution in [-0.2, 0) is 4.74 Å². The van der Waals surface area contributed by atoms with E-state index in [1.165, 1.54) is 21.3 Å². The SMILES string of the molecule is COC(=O)c1cc(OC)c(Oc2ccc(Br)cc2)c(OC)c1. The van der Waals surface area contributed by atoms with Crippen molar-refractivity contribution in [3.05, 3.63) is 46.4 Å². The minimum absolute atomic E-state index is 0.319. The normalized spacial score (nSPS) is 10.0. The Morgan fingerprint density at radius 3 is 1.95 bits per heavy atom. The van der Waals surface area contributed by atoms with Crippen LogP contribution in [0.5, 0.6) is 23.0 Å². The molecule has 2 aromatic carbocycles. The lowest BCUT2D eigenvalue weighted by molar-refractivity contribution is 0.0600. The predicted molar refractivity (Wildman–Crippen MR) is 85.1 cm³/mol. The number of benzene rings is 2. The van der Waals surface area contributed by atoms with Crippen LogP contribution in [0.2, 0.25) is 0 Å². The Bertz CT molecular complexity index is 642. The summed E-state index contributed by atoms with van der Waals surface area (Å²) in [6, 6.07) is 10.4. The molecule has 2 aromatic rings. The molecule has 0 bridgehead atoms. The van der Waals surface area contributed by atoms with E-state index >= 15 is 0 Å². The topological polar surface area (TPSA) is 54.0 Å².